The number of pyridine rings is 1. The molecule has 1 N–H and O–H groups in total. The molecule has 0 bridgehead atoms. The van der Waals surface area contributed by atoms with Crippen molar-refractivity contribution in [2.75, 3.05) is 6.54 Å². The van der Waals surface area contributed by atoms with E-state index in [2.05, 4.69) is 36.3 Å². The van der Waals surface area contributed by atoms with Crippen molar-refractivity contribution in [1.29, 1.82) is 0 Å². The molecule has 0 amide bonds. The van der Waals surface area contributed by atoms with Crippen LogP contribution in [0, 0.1) is 0 Å². The highest BCUT2D eigenvalue weighted by Gasteiger charge is 2.04. The van der Waals surface area contributed by atoms with Crippen molar-refractivity contribution in [3.63, 3.8) is 0 Å². The molecule has 1 atom stereocenters. The zero-order valence-corrected chi connectivity index (χ0v) is 11.8. The molecular weight excluding hydrogens is 260 g/mol. The van der Waals surface area contributed by atoms with Crippen LogP contribution in [0.15, 0.2) is 42.7 Å². The van der Waals surface area contributed by atoms with Crippen LogP contribution in [0.5, 0.6) is 11.5 Å². The Kier molecular flexibility index (Phi) is 4.77. The monoisotopic (exact) mass is 276 g/mol. The second kappa shape index (κ2) is 6.55. The average molecular weight is 277 g/mol. The fourth-order valence-corrected chi connectivity index (χ4v) is 2.00. The molecule has 3 nitrogen and oxygen atoms in total. The minimum Gasteiger partial charge on any atom is -0.456 e. The second-order valence-corrected chi connectivity index (χ2v) is 4.73. The minimum atomic E-state index is 0.340. The molecule has 0 spiro atoms. The van der Waals surface area contributed by atoms with Crippen molar-refractivity contribution in [3.05, 3.63) is 53.3 Å². The summed E-state index contributed by atoms with van der Waals surface area (Å²) in [6.45, 7) is 5.19. The van der Waals surface area contributed by atoms with Crippen LogP contribution < -0.4 is 10.1 Å². The number of hydrogen-bond acceptors (Lipinski definition) is 3. The molecule has 1 aromatic heterocycles. The van der Waals surface area contributed by atoms with E-state index in [0.29, 0.717) is 16.8 Å². The third-order valence-electron chi connectivity index (χ3n) is 2.81. The quantitative estimate of drug-likeness (QED) is 0.889. The van der Waals surface area contributed by atoms with E-state index < -0.39 is 0 Å². The summed E-state index contributed by atoms with van der Waals surface area (Å²) in [5.41, 5.74) is 1.23. The molecule has 0 radical (unpaired) electrons. The van der Waals surface area contributed by atoms with Gasteiger partial charge in [0, 0.05) is 18.3 Å². The Morgan fingerprint density at radius 3 is 2.58 bits per heavy atom. The predicted molar refractivity (Wildman–Crippen MR) is 77.9 cm³/mol. The first kappa shape index (κ1) is 13.8. The van der Waals surface area contributed by atoms with E-state index in [0.717, 1.165) is 12.3 Å². The van der Waals surface area contributed by atoms with Gasteiger partial charge < -0.3 is 10.1 Å². The summed E-state index contributed by atoms with van der Waals surface area (Å²) in [5, 5.41) is 3.93. The molecule has 0 saturated heterocycles. The van der Waals surface area contributed by atoms with Gasteiger partial charge in [-0.1, -0.05) is 30.7 Å². The first-order valence-electron chi connectivity index (χ1n) is 6.31. The number of hydrogen-bond donors (Lipinski definition) is 1. The van der Waals surface area contributed by atoms with E-state index in [1.807, 2.05) is 12.1 Å². The summed E-state index contributed by atoms with van der Waals surface area (Å²) in [7, 11) is 0. The highest BCUT2D eigenvalue weighted by Crippen LogP contribution is 2.24. The highest BCUT2D eigenvalue weighted by atomic mass is 35.5. The fraction of sp³-hybridized carbons (Fsp3) is 0.267. The molecule has 1 unspecified atom stereocenters. The van der Waals surface area contributed by atoms with E-state index in [-0.39, 0.29) is 0 Å². The molecule has 100 valence electrons. The van der Waals surface area contributed by atoms with Gasteiger partial charge in [0.05, 0.1) is 11.2 Å². The number of rotatable bonds is 5. The third-order valence-corrected chi connectivity index (χ3v) is 3.01. The van der Waals surface area contributed by atoms with E-state index in [4.69, 9.17) is 16.3 Å². The lowest BCUT2D eigenvalue weighted by atomic mass is 10.1. The molecule has 0 aliphatic heterocycles. The number of benzene rings is 1. The van der Waals surface area contributed by atoms with Gasteiger partial charge >= 0.3 is 0 Å². The maximum Gasteiger partial charge on any atom is 0.147 e. The van der Waals surface area contributed by atoms with Gasteiger partial charge in [0.15, 0.2) is 0 Å². The Labute approximate surface area is 118 Å². The lowest BCUT2D eigenvalue weighted by molar-refractivity contribution is 0.479. The van der Waals surface area contributed by atoms with Crippen LogP contribution in [0.25, 0.3) is 0 Å². The van der Waals surface area contributed by atoms with Gasteiger partial charge in [-0.25, -0.2) is 0 Å². The van der Waals surface area contributed by atoms with Crippen molar-refractivity contribution in [1.82, 2.24) is 10.3 Å². The molecule has 0 aliphatic carbocycles. The Morgan fingerprint density at radius 1 is 1.21 bits per heavy atom. The van der Waals surface area contributed by atoms with Crippen LogP contribution >= 0.6 is 11.6 Å². The molecule has 0 aliphatic rings. The van der Waals surface area contributed by atoms with Crippen molar-refractivity contribution < 1.29 is 4.74 Å². The predicted octanol–water partition coefficient (Wildman–Crippen LogP) is 4.20. The van der Waals surface area contributed by atoms with Crippen molar-refractivity contribution in [2.24, 2.45) is 0 Å². The number of ether oxygens (including phenoxy) is 1. The maximum atomic E-state index is 5.86. The van der Waals surface area contributed by atoms with Crippen LogP contribution in [-0.2, 0) is 0 Å². The summed E-state index contributed by atoms with van der Waals surface area (Å²) in [6, 6.07) is 10.1. The van der Waals surface area contributed by atoms with Gasteiger partial charge in [0.25, 0.3) is 0 Å². The molecule has 2 aromatic rings. The van der Waals surface area contributed by atoms with E-state index >= 15 is 0 Å². The van der Waals surface area contributed by atoms with Crippen LogP contribution in [-0.4, -0.2) is 11.5 Å². The summed E-state index contributed by atoms with van der Waals surface area (Å²) in [5.74, 6) is 1.41. The standard InChI is InChI=1S/C15H17ClN2O/c1-3-18-11(2)12-4-6-14(7-5-12)19-15-8-13(16)9-17-10-15/h4-11,18H,3H2,1-2H3. The molecule has 4 heteroatoms. The third kappa shape index (κ3) is 3.94. The normalized spacial score (nSPS) is 12.2. The van der Waals surface area contributed by atoms with Gasteiger partial charge in [-0.15, -0.1) is 0 Å². The van der Waals surface area contributed by atoms with Gasteiger partial charge in [0.1, 0.15) is 11.5 Å². The fourth-order valence-electron chi connectivity index (χ4n) is 1.83. The van der Waals surface area contributed by atoms with Crippen LogP contribution in [0.2, 0.25) is 5.02 Å². The Bertz CT molecular complexity index is 528. The summed E-state index contributed by atoms with van der Waals surface area (Å²) in [6.07, 6.45) is 3.22. The molecule has 1 aromatic carbocycles. The molecular formula is C15H17ClN2O. The minimum absolute atomic E-state index is 0.340. The number of nitrogens with zero attached hydrogens (tertiary/aromatic N) is 1. The van der Waals surface area contributed by atoms with Gasteiger partial charge in [-0.05, 0) is 31.2 Å². The summed E-state index contributed by atoms with van der Waals surface area (Å²) in [4.78, 5) is 3.98. The first-order chi connectivity index (χ1) is 9.19. The molecule has 2 rings (SSSR count). The molecule has 0 saturated carbocycles. The number of nitrogens with one attached hydrogen (secondary N) is 1. The largest absolute Gasteiger partial charge is 0.456 e. The summed E-state index contributed by atoms with van der Waals surface area (Å²) < 4.78 is 5.69. The highest BCUT2D eigenvalue weighted by molar-refractivity contribution is 6.30. The van der Waals surface area contributed by atoms with Gasteiger partial charge in [-0.3, -0.25) is 4.98 Å². The second-order valence-electron chi connectivity index (χ2n) is 4.29. The lowest BCUT2D eigenvalue weighted by Crippen LogP contribution is -2.17. The van der Waals surface area contributed by atoms with Crippen LogP contribution in [0.4, 0.5) is 0 Å². The van der Waals surface area contributed by atoms with Gasteiger partial charge in [-0.2, -0.15) is 0 Å². The smallest absolute Gasteiger partial charge is 0.147 e. The van der Waals surface area contributed by atoms with Crippen LogP contribution in [0.3, 0.4) is 0 Å². The van der Waals surface area contributed by atoms with Crippen molar-refractivity contribution >= 4 is 11.6 Å². The Balaban J connectivity index is 2.06. The Morgan fingerprint density at radius 2 is 1.95 bits per heavy atom. The SMILES string of the molecule is CCNC(C)c1ccc(Oc2cncc(Cl)c2)cc1. The molecule has 1 heterocycles. The Hall–Kier alpha value is -1.58. The topological polar surface area (TPSA) is 34.1 Å². The van der Waals surface area contributed by atoms with E-state index in [1.165, 1.54) is 5.56 Å². The van der Waals surface area contributed by atoms with Crippen LogP contribution in [0.1, 0.15) is 25.5 Å². The lowest BCUT2D eigenvalue weighted by Gasteiger charge is -2.13. The average Bonchev–Trinajstić information content (AvgIpc) is 2.40. The zero-order chi connectivity index (χ0) is 13.7. The van der Waals surface area contributed by atoms with E-state index in [9.17, 15) is 0 Å². The first-order valence-corrected chi connectivity index (χ1v) is 6.68. The molecule has 19 heavy (non-hydrogen) atoms. The van der Waals surface area contributed by atoms with Crippen molar-refractivity contribution in [3.8, 4) is 11.5 Å². The molecule has 0 fully saturated rings. The maximum absolute atomic E-state index is 5.86. The number of aromatic nitrogens is 1. The van der Waals surface area contributed by atoms with E-state index in [1.54, 1.807) is 18.5 Å². The van der Waals surface area contributed by atoms with Gasteiger partial charge in [0.2, 0.25) is 0 Å². The number of halogens is 1. The zero-order valence-electron chi connectivity index (χ0n) is 11.1. The summed E-state index contributed by atoms with van der Waals surface area (Å²) >= 11 is 5.86. The van der Waals surface area contributed by atoms with Crippen molar-refractivity contribution in [2.45, 2.75) is 19.9 Å².